The molecule has 0 spiro atoms. The number of hydrogen-bond donors (Lipinski definition) is 0. The molecule has 1 aromatic heterocycles. The summed E-state index contributed by atoms with van der Waals surface area (Å²) in [5.74, 6) is 1.73. The molecule has 5 heteroatoms. The maximum absolute atomic E-state index is 13.3. The van der Waals surface area contributed by atoms with Crippen LogP contribution in [0, 0.1) is 5.92 Å². The van der Waals surface area contributed by atoms with Gasteiger partial charge >= 0.3 is 0 Å². The fraction of sp³-hybridized carbons (Fsp3) is 0.500. The number of carbonyl (C=O) groups is 1. The van der Waals surface area contributed by atoms with E-state index in [-0.39, 0.29) is 5.78 Å². The molecule has 2 aromatic carbocycles. The van der Waals surface area contributed by atoms with Gasteiger partial charge in [-0.2, -0.15) is 0 Å². The van der Waals surface area contributed by atoms with Crippen LogP contribution in [0.3, 0.4) is 0 Å². The lowest BCUT2D eigenvalue weighted by molar-refractivity contribution is -0.0241. The molecular weight excluding hydrogens is 436 g/mol. The van der Waals surface area contributed by atoms with E-state index in [0.29, 0.717) is 18.2 Å². The number of aromatic nitrogens is 1. The van der Waals surface area contributed by atoms with Gasteiger partial charge in [-0.3, -0.25) is 9.69 Å². The number of carbonyl (C=O) groups excluding carboxylic acids is 1. The number of nitrogens with zero attached hydrogens (tertiary/aromatic N) is 2. The molecule has 0 amide bonds. The molecule has 3 atom stereocenters. The second-order valence-electron chi connectivity index (χ2n) is 10.6. The third-order valence-electron chi connectivity index (χ3n) is 8.28. The fourth-order valence-corrected chi connectivity index (χ4v) is 6.30. The second-order valence-corrected chi connectivity index (χ2v) is 10.6. The second kappa shape index (κ2) is 9.79. The number of rotatable bonds is 10. The summed E-state index contributed by atoms with van der Waals surface area (Å²) >= 11 is 0. The van der Waals surface area contributed by atoms with Crippen LogP contribution < -0.4 is 4.74 Å². The first kappa shape index (κ1) is 22.8. The van der Waals surface area contributed by atoms with Crippen LogP contribution in [0.4, 0.5) is 0 Å². The van der Waals surface area contributed by atoms with Gasteiger partial charge in [-0.1, -0.05) is 42.5 Å². The molecule has 2 saturated heterocycles. The molecular formula is C30H36N2O3. The van der Waals surface area contributed by atoms with Crippen molar-refractivity contribution in [2.45, 2.75) is 69.7 Å². The van der Waals surface area contributed by atoms with Crippen LogP contribution in [-0.4, -0.2) is 53.7 Å². The molecule has 35 heavy (non-hydrogen) atoms. The summed E-state index contributed by atoms with van der Waals surface area (Å²) in [6.07, 6.45) is 11.3. The molecule has 3 aliphatic rings. The third-order valence-corrected chi connectivity index (χ3v) is 8.28. The topological polar surface area (TPSA) is 43.7 Å². The van der Waals surface area contributed by atoms with Crippen LogP contribution in [0.2, 0.25) is 0 Å². The minimum Gasteiger partial charge on any atom is -0.495 e. The largest absolute Gasteiger partial charge is 0.495 e. The zero-order valence-corrected chi connectivity index (χ0v) is 20.7. The van der Waals surface area contributed by atoms with Gasteiger partial charge in [-0.05, 0) is 56.9 Å². The highest BCUT2D eigenvalue weighted by Crippen LogP contribution is 2.38. The molecule has 2 bridgehead atoms. The average molecular weight is 473 g/mol. The van der Waals surface area contributed by atoms with Gasteiger partial charge in [-0.25, -0.2) is 0 Å². The highest BCUT2D eigenvalue weighted by molar-refractivity contribution is 6.17. The van der Waals surface area contributed by atoms with Crippen molar-refractivity contribution in [1.29, 1.82) is 0 Å². The van der Waals surface area contributed by atoms with Crippen molar-refractivity contribution in [3.8, 4) is 5.75 Å². The Kier molecular flexibility index (Phi) is 6.38. The maximum atomic E-state index is 13.3. The standard InChI is InChI=1S/C30H36N2O3/c1-34-28-10-5-9-26-27(30(33)22-7-3-2-4-8-22)19-31(29(26)28)15-6-16-32-23-13-14-24(32)18-25(17-23)35-20-21-11-12-21/h2-5,7-10,19,21,23-25H,6,11-18,20H2,1H3/t23-,24+,25+. The minimum absolute atomic E-state index is 0.0638. The van der Waals surface area contributed by atoms with E-state index in [0.717, 1.165) is 59.8 Å². The summed E-state index contributed by atoms with van der Waals surface area (Å²) in [7, 11) is 1.71. The van der Waals surface area contributed by atoms with Gasteiger partial charge in [0.2, 0.25) is 0 Å². The summed E-state index contributed by atoms with van der Waals surface area (Å²) in [6, 6.07) is 16.9. The predicted molar refractivity (Wildman–Crippen MR) is 138 cm³/mol. The quantitative estimate of drug-likeness (QED) is 0.356. The molecule has 5 nitrogen and oxygen atoms in total. The number of hydrogen-bond acceptors (Lipinski definition) is 4. The first-order chi connectivity index (χ1) is 17.2. The van der Waals surface area contributed by atoms with Crippen molar-refractivity contribution in [2.24, 2.45) is 5.92 Å². The number of benzene rings is 2. The van der Waals surface area contributed by atoms with Crippen LogP contribution in [-0.2, 0) is 11.3 Å². The molecule has 3 heterocycles. The van der Waals surface area contributed by atoms with Crippen molar-refractivity contribution in [1.82, 2.24) is 9.47 Å². The molecule has 1 aliphatic carbocycles. The van der Waals surface area contributed by atoms with Gasteiger partial charge in [0.25, 0.3) is 0 Å². The van der Waals surface area contributed by atoms with Gasteiger partial charge < -0.3 is 14.0 Å². The Balaban J connectivity index is 1.16. The summed E-state index contributed by atoms with van der Waals surface area (Å²) in [5.41, 5.74) is 2.49. The van der Waals surface area contributed by atoms with Crippen LogP contribution in [0.5, 0.6) is 5.75 Å². The van der Waals surface area contributed by atoms with Crippen LogP contribution >= 0.6 is 0 Å². The van der Waals surface area contributed by atoms with E-state index in [9.17, 15) is 4.79 Å². The molecule has 1 saturated carbocycles. The van der Waals surface area contributed by atoms with Crippen LogP contribution in [0.25, 0.3) is 10.9 Å². The highest BCUT2D eigenvalue weighted by atomic mass is 16.5. The number of fused-ring (bicyclic) bond motifs is 3. The Bertz CT molecular complexity index is 1170. The monoisotopic (exact) mass is 472 g/mol. The van der Waals surface area contributed by atoms with E-state index in [1.54, 1.807) is 7.11 Å². The van der Waals surface area contributed by atoms with Crippen LogP contribution in [0.15, 0.2) is 54.7 Å². The van der Waals surface area contributed by atoms with E-state index in [4.69, 9.17) is 9.47 Å². The highest BCUT2D eigenvalue weighted by Gasteiger charge is 2.41. The van der Waals surface area contributed by atoms with E-state index in [2.05, 4.69) is 9.47 Å². The first-order valence-corrected chi connectivity index (χ1v) is 13.3. The van der Waals surface area contributed by atoms with Gasteiger partial charge in [0, 0.05) is 54.5 Å². The summed E-state index contributed by atoms with van der Waals surface area (Å²) in [5, 5.41) is 0.965. The van der Waals surface area contributed by atoms with E-state index in [1.165, 1.54) is 38.5 Å². The zero-order valence-electron chi connectivity index (χ0n) is 20.7. The number of piperidine rings is 1. The normalized spacial score (nSPS) is 24.2. The van der Waals surface area contributed by atoms with Gasteiger partial charge in [0.1, 0.15) is 5.75 Å². The van der Waals surface area contributed by atoms with E-state index >= 15 is 0 Å². The van der Waals surface area contributed by atoms with Crippen molar-refractivity contribution >= 4 is 16.7 Å². The van der Waals surface area contributed by atoms with Crippen molar-refractivity contribution in [2.75, 3.05) is 20.3 Å². The Morgan fingerprint density at radius 3 is 2.43 bits per heavy atom. The van der Waals surface area contributed by atoms with Gasteiger partial charge in [0.05, 0.1) is 18.7 Å². The summed E-state index contributed by atoms with van der Waals surface area (Å²) in [4.78, 5) is 16.1. The Labute approximate surface area is 208 Å². The van der Waals surface area contributed by atoms with Crippen molar-refractivity contribution in [3.05, 3.63) is 65.9 Å². The molecule has 3 fully saturated rings. The molecule has 2 aliphatic heterocycles. The number of methoxy groups -OCH3 is 1. The average Bonchev–Trinajstić information content (AvgIpc) is 3.61. The zero-order chi connectivity index (χ0) is 23.8. The van der Waals surface area contributed by atoms with E-state index < -0.39 is 0 Å². The van der Waals surface area contributed by atoms with Crippen molar-refractivity contribution < 1.29 is 14.3 Å². The van der Waals surface area contributed by atoms with Crippen molar-refractivity contribution in [3.63, 3.8) is 0 Å². The Morgan fingerprint density at radius 1 is 0.943 bits per heavy atom. The lowest BCUT2D eigenvalue weighted by Crippen LogP contribution is -2.46. The summed E-state index contributed by atoms with van der Waals surface area (Å²) in [6.45, 7) is 2.95. The number of aryl methyl sites for hydroxylation is 1. The summed E-state index contributed by atoms with van der Waals surface area (Å²) < 4.78 is 14.2. The molecule has 0 unspecified atom stereocenters. The fourth-order valence-electron chi connectivity index (χ4n) is 6.30. The first-order valence-electron chi connectivity index (χ1n) is 13.3. The molecule has 3 aromatic rings. The number of ether oxygens (including phenoxy) is 2. The predicted octanol–water partition coefficient (Wildman–Crippen LogP) is 5.69. The number of para-hydroxylation sites is 1. The Morgan fingerprint density at radius 2 is 1.71 bits per heavy atom. The smallest absolute Gasteiger partial charge is 0.195 e. The maximum Gasteiger partial charge on any atom is 0.195 e. The number of ketones is 1. The van der Waals surface area contributed by atoms with Gasteiger partial charge in [-0.15, -0.1) is 0 Å². The molecule has 0 radical (unpaired) electrons. The molecule has 0 N–H and O–H groups in total. The molecule has 184 valence electrons. The minimum atomic E-state index is 0.0638. The lowest BCUT2D eigenvalue weighted by atomic mass is 9.99. The van der Waals surface area contributed by atoms with Crippen LogP contribution in [0.1, 0.15) is 60.9 Å². The third kappa shape index (κ3) is 4.64. The lowest BCUT2D eigenvalue weighted by Gasteiger charge is -2.39. The van der Waals surface area contributed by atoms with E-state index in [1.807, 2.05) is 54.7 Å². The Hall–Kier alpha value is -2.63. The van der Waals surface area contributed by atoms with Gasteiger partial charge in [0.15, 0.2) is 5.78 Å². The SMILES string of the molecule is COc1cccc2c(C(=O)c3ccccc3)cn(CCCN3[C@@H]4CC[C@H]3C[C@@H](OCC3CC3)C4)c12. The molecule has 6 rings (SSSR count).